The Kier molecular flexibility index (Phi) is 8.40. The molecule has 0 bridgehead atoms. The summed E-state index contributed by atoms with van der Waals surface area (Å²) in [6.07, 6.45) is 1.19. The van der Waals surface area contributed by atoms with E-state index in [2.05, 4.69) is 31.4 Å². The summed E-state index contributed by atoms with van der Waals surface area (Å²) in [6, 6.07) is 1.14. The van der Waals surface area contributed by atoms with E-state index >= 15 is 0 Å². The Labute approximate surface area is 82.2 Å². The second-order valence-electron chi connectivity index (χ2n) is 3.57. The molecule has 80 valence electrons. The maximum atomic E-state index is 4.96. The highest BCUT2D eigenvalue weighted by atomic mass is 16.5. The summed E-state index contributed by atoms with van der Waals surface area (Å²) < 4.78 is 4.96. The molecule has 0 aliphatic heterocycles. The third kappa shape index (κ3) is 8.22. The van der Waals surface area contributed by atoms with Gasteiger partial charge in [-0.3, -0.25) is 0 Å². The van der Waals surface area contributed by atoms with Crippen LogP contribution in [0.15, 0.2) is 0 Å². The van der Waals surface area contributed by atoms with Gasteiger partial charge >= 0.3 is 0 Å². The monoisotopic (exact) mass is 188 g/mol. The molecular formula is C10H24N2O. The number of hydrogen-bond donors (Lipinski definition) is 2. The van der Waals surface area contributed by atoms with E-state index in [4.69, 9.17) is 4.74 Å². The largest absolute Gasteiger partial charge is 0.383 e. The molecule has 0 aromatic heterocycles. The van der Waals surface area contributed by atoms with Crippen LogP contribution in [0.5, 0.6) is 0 Å². The molecule has 3 heteroatoms. The minimum absolute atomic E-state index is 0.518. The van der Waals surface area contributed by atoms with Gasteiger partial charge in [0.05, 0.1) is 6.61 Å². The first-order valence-electron chi connectivity index (χ1n) is 5.16. The lowest BCUT2D eigenvalue weighted by atomic mass is 10.2. The Balaban J connectivity index is 3.24. The number of ether oxygens (including phenoxy) is 1. The van der Waals surface area contributed by atoms with E-state index in [0.717, 1.165) is 19.7 Å². The Bertz CT molecular complexity index is 109. The molecule has 0 saturated carbocycles. The molecule has 0 saturated heterocycles. The van der Waals surface area contributed by atoms with Crippen molar-refractivity contribution in [2.24, 2.45) is 0 Å². The van der Waals surface area contributed by atoms with E-state index in [9.17, 15) is 0 Å². The Morgan fingerprint density at radius 1 is 1.15 bits per heavy atom. The van der Waals surface area contributed by atoms with Crippen LogP contribution in [0.1, 0.15) is 27.2 Å². The van der Waals surface area contributed by atoms with Crippen LogP contribution < -0.4 is 10.6 Å². The molecule has 0 aliphatic rings. The standard InChI is InChI=1S/C10H24N2O/c1-5-9(2)12-8-10(3)11-6-7-13-4/h9-12H,5-8H2,1-4H3. The van der Waals surface area contributed by atoms with Crippen molar-refractivity contribution in [1.82, 2.24) is 10.6 Å². The van der Waals surface area contributed by atoms with E-state index in [1.54, 1.807) is 7.11 Å². The zero-order valence-corrected chi connectivity index (χ0v) is 9.39. The van der Waals surface area contributed by atoms with Crippen LogP contribution in [0.4, 0.5) is 0 Å². The van der Waals surface area contributed by atoms with E-state index in [1.165, 1.54) is 6.42 Å². The molecule has 0 radical (unpaired) electrons. The van der Waals surface area contributed by atoms with Gasteiger partial charge in [-0.2, -0.15) is 0 Å². The normalized spacial score (nSPS) is 15.7. The van der Waals surface area contributed by atoms with Gasteiger partial charge in [0.2, 0.25) is 0 Å². The molecule has 2 N–H and O–H groups in total. The number of hydrogen-bond acceptors (Lipinski definition) is 3. The lowest BCUT2D eigenvalue weighted by Gasteiger charge is -2.17. The van der Waals surface area contributed by atoms with Crippen molar-refractivity contribution in [3.05, 3.63) is 0 Å². The van der Waals surface area contributed by atoms with Crippen LogP contribution >= 0.6 is 0 Å². The molecular weight excluding hydrogens is 164 g/mol. The second kappa shape index (κ2) is 8.48. The Morgan fingerprint density at radius 2 is 1.85 bits per heavy atom. The third-order valence-electron chi connectivity index (χ3n) is 2.18. The quantitative estimate of drug-likeness (QED) is 0.558. The predicted octanol–water partition coefficient (Wildman–Crippen LogP) is 0.999. The van der Waals surface area contributed by atoms with Crippen molar-refractivity contribution in [2.75, 3.05) is 26.8 Å². The highest BCUT2D eigenvalue weighted by molar-refractivity contribution is 4.66. The molecule has 0 fully saturated rings. The van der Waals surface area contributed by atoms with Gasteiger partial charge in [-0.1, -0.05) is 6.92 Å². The van der Waals surface area contributed by atoms with Gasteiger partial charge in [0, 0.05) is 32.3 Å². The summed E-state index contributed by atoms with van der Waals surface area (Å²) in [5.41, 5.74) is 0. The molecule has 0 amide bonds. The van der Waals surface area contributed by atoms with Crippen molar-refractivity contribution in [3.63, 3.8) is 0 Å². The number of rotatable bonds is 8. The van der Waals surface area contributed by atoms with Crippen molar-refractivity contribution < 1.29 is 4.74 Å². The summed E-state index contributed by atoms with van der Waals surface area (Å²) in [6.45, 7) is 9.33. The summed E-state index contributed by atoms with van der Waals surface area (Å²) in [7, 11) is 1.73. The Morgan fingerprint density at radius 3 is 2.38 bits per heavy atom. The van der Waals surface area contributed by atoms with Crippen LogP contribution in [0.25, 0.3) is 0 Å². The molecule has 0 heterocycles. The van der Waals surface area contributed by atoms with Gasteiger partial charge in [-0.15, -0.1) is 0 Å². The summed E-state index contributed by atoms with van der Waals surface area (Å²) in [5.74, 6) is 0. The lowest BCUT2D eigenvalue weighted by molar-refractivity contribution is 0.196. The van der Waals surface area contributed by atoms with Gasteiger partial charge < -0.3 is 15.4 Å². The first-order valence-corrected chi connectivity index (χ1v) is 5.16. The number of nitrogens with one attached hydrogen (secondary N) is 2. The van der Waals surface area contributed by atoms with Crippen LogP contribution in [-0.2, 0) is 4.74 Å². The maximum absolute atomic E-state index is 4.96. The Hall–Kier alpha value is -0.120. The van der Waals surface area contributed by atoms with Gasteiger partial charge in [0.25, 0.3) is 0 Å². The fraction of sp³-hybridized carbons (Fsp3) is 1.00. The molecule has 0 spiro atoms. The summed E-state index contributed by atoms with van der Waals surface area (Å²) in [5, 5.41) is 6.83. The van der Waals surface area contributed by atoms with Gasteiger partial charge in [0.15, 0.2) is 0 Å². The minimum atomic E-state index is 0.518. The average Bonchev–Trinajstić information content (AvgIpc) is 2.14. The maximum Gasteiger partial charge on any atom is 0.0587 e. The zero-order valence-electron chi connectivity index (χ0n) is 9.39. The predicted molar refractivity (Wildman–Crippen MR) is 57.1 cm³/mol. The smallest absolute Gasteiger partial charge is 0.0587 e. The highest BCUT2D eigenvalue weighted by Crippen LogP contribution is 1.88. The van der Waals surface area contributed by atoms with Gasteiger partial charge in [0.1, 0.15) is 0 Å². The van der Waals surface area contributed by atoms with Crippen molar-refractivity contribution in [2.45, 2.75) is 39.3 Å². The molecule has 0 aromatic rings. The topological polar surface area (TPSA) is 33.3 Å². The first-order chi connectivity index (χ1) is 6.20. The van der Waals surface area contributed by atoms with Gasteiger partial charge in [-0.05, 0) is 20.3 Å². The SMILES string of the molecule is CCC(C)NCC(C)NCCOC. The van der Waals surface area contributed by atoms with E-state index in [1.807, 2.05) is 0 Å². The van der Waals surface area contributed by atoms with Crippen molar-refractivity contribution in [1.29, 1.82) is 0 Å². The summed E-state index contributed by atoms with van der Waals surface area (Å²) >= 11 is 0. The van der Waals surface area contributed by atoms with E-state index in [0.29, 0.717) is 12.1 Å². The molecule has 2 unspecified atom stereocenters. The third-order valence-corrected chi connectivity index (χ3v) is 2.18. The fourth-order valence-electron chi connectivity index (χ4n) is 1.00. The van der Waals surface area contributed by atoms with Crippen molar-refractivity contribution in [3.8, 4) is 0 Å². The van der Waals surface area contributed by atoms with Crippen molar-refractivity contribution >= 4 is 0 Å². The van der Waals surface area contributed by atoms with Crippen LogP contribution in [-0.4, -0.2) is 38.9 Å². The lowest BCUT2D eigenvalue weighted by Crippen LogP contribution is -2.40. The highest BCUT2D eigenvalue weighted by Gasteiger charge is 2.02. The molecule has 3 nitrogen and oxygen atoms in total. The van der Waals surface area contributed by atoms with Crippen LogP contribution in [0, 0.1) is 0 Å². The zero-order chi connectivity index (χ0) is 10.1. The average molecular weight is 188 g/mol. The molecule has 13 heavy (non-hydrogen) atoms. The second-order valence-corrected chi connectivity index (χ2v) is 3.57. The molecule has 0 rings (SSSR count). The van der Waals surface area contributed by atoms with Crippen LogP contribution in [0.3, 0.4) is 0 Å². The summed E-state index contributed by atoms with van der Waals surface area (Å²) in [4.78, 5) is 0. The van der Waals surface area contributed by atoms with E-state index < -0.39 is 0 Å². The first kappa shape index (κ1) is 12.9. The molecule has 2 atom stereocenters. The minimum Gasteiger partial charge on any atom is -0.383 e. The van der Waals surface area contributed by atoms with Gasteiger partial charge in [-0.25, -0.2) is 0 Å². The van der Waals surface area contributed by atoms with E-state index in [-0.39, 0.29) is 0 Å². The fourth-order valence-corrected chi connectivity index (χ4v) is 1.00. The molecule has 0 aliphatic carbocycles. The van der Waals surface area contributed by atoms with Crippen LogP contribution in [0.2, 0.25) is 0 Å². The molecule has 0 aromatic carbocycles. The number of methoxy groups -OCH3 is 1.